The third-order valence-electron chi connectivity index (χ3n) is 5.96. The predicted molar refractivity (Wildman–Crippen MR) is 124 cm³/mol. The van der Waals surface area contributed by atoms with E-state index in [1.54, 1.807) is 24.3 Å². The largest absolute Gasteiger partial charge is 0.464 e. The minimum atomic E-state index is -3.34. The van der Waals surface area contributed by atoms with Gasteiger partial charge in [-0.2, -0.15) is 0 Å². The molecule has 33 heavy (non-hydrogen) atoms. The highest BCUT2D eigenvalue weighted by molar-refractivity contribution is 7.90. The lowest BCUT2D eigenvalue weighted by Gasteiger charge is -2.29. The minimum Gasteiger partial charge on any atom is -0.464 e. The Morgan fingerprint density at radius 1 is 1.15 bits per heavy atom. The summed E-state index contributed by atoms with van der Waals surface area (Å²) in [5.74, 6) is -0.605. The molecule has 0 atom stereocenters. The Kier molecular flexibility index (Phi) is 6.36. The highest BCUT2D eigenvalue weighted by Crippen LogP contribution is 2.29. The van der Waals surface area contributed by atoms with Crippen LogP contribution in [0.5, 0.6) is 0 Å². The maximum absolute atomic E-state index is 13.6. The molecule has 0 aliphatic carbocycles. The molecular weight excluding hydrogens is 444 g/mol. The number of pyridine rings is 2. The van der Waals surface area contributed by atoms with Gasteiger partial charge in [-0.25, -0.2) is 18.2 Å². The van der Waals surface area contributed by atoms with E-state index in [0.717, 1.165) is 11.9 Å². The molecule has 0 bridgehead atoms. The quantitative estimate of drug-likeness (QED) is 0.528. The number of aryl methyl sites for hydroxylation is 1. The fraction of sp³-hybridized carbons (Fsp3) is 0.375. The van der Waals surface area contributed by atoms with Crippen molar-refractivity contribution in [3.8, 4) is 0 Å². The number of hydrogen-bond acceptors (Lipinski definition) is 7. The first-order valence-electron chi connectivity index (χ1n) is 10.7. The second kappa shape index (κ2) is 9.07. The summed E-state index contributed by atoms with van der Waals surface area (Å²) in [5.41, 5.74) is 2.12. The van der Waals surface area contributed by atoms with E-state index in [0.29, 0.717) is 48.2 Å². The van der Waals surface area contributed by atoms with Gasteiger partial charge in [0.2, 0.25) is 0 Å². The van der Waals surface area contributed by atoms with E-state index in [9.17, 15) is 18.0 Å². The Morgan fingerprint density at radius 2 is 1.82 bits per heavy atom. The van der Waals surface area contributed by atoms with Crippen LogP contribution in [-0.4, -0.2) is 50.5 Å². The van der Waals surface area contributed by atoms with Gasteiger partial charge in [0.05, 0.1) is 17.4 Å². The number of carbonyl (C=O) groups is 1. The van der Waals surface area contributed by atoms with Gasteiger partial charge in [-0.05, 0) is 49.6 Å². The lowest BCUT2D eigenvalue weighted by Crippen LogP contribution is -2.30. The number of nitrogens with zero attached hydrogens (tertiary/aromatic N) is 2. The van der Waals surface area contributed by atoms with Gasteiger partial charge in [0.1, 0.15) is 11.3 Å². The zero-order chi connectivity index (χ0) is 23.8. The second-order valence-electron chi connectivity index (χ2n) is 8.28. The highest BCUT2D eigenvalue weighted by Gasteiger charge is 2.29. The molecule has 1 aromatic carbocycles. The molecule has 0 spiro atoms. The predicted octanol–water partition coefficient (Wildman–Crippen LogP) is 2.84. The summed E-state index contributed by atoms with van der Waals surface area (Å²) in [6, 6.07) is 9.78. The van der Waals surface area contributed by atoms with E-state index >= 15 is 0 Å². The number of fused-ring (bicyclic) bond motifs is 1. The number of carbonyl (C=O) groups excluding carboxylic acids is 1. The summed E-state index contributed by atoms with van der Waals surface area (Å²) in [5, 5.41) is 0.433. The Bertz CT molecular complexity index is 1370. The highest BCUT2D eigenvalue weighted by atomic mass is 32.2. The summed E-state index contributed by atoms with van der Waals surface area (Å²) in [6.07, 6.45) is 2.66. The molecule has 0 radical (unpaired) electrons. The maximum atomic E-state index is 13.6. The Morgan fingerprint density at radius 3 is 2.42 bits per heavy atom. The fourth-order valence-corrected chi connectivity index (χ4v) is 4.90. The van der Waals surface area contributed by atoms with Crippen molar-refractivity contribution in [3.05, 3.63) is 69.1 Å². The van der Waals surface area contributed by atoms with Crippen LogP contribution in [0.3, 0.4) is 0 Å². The molecule has 3 heterocycles. The summed E-state index contributed by atoms with van der Waals surface area (Å²) < 4.78 is 36.1. The van der Waals surface area contributed by atoms with Crippen LogP contribution in [0.2, 0.25) is 0 Å². The summed E-state index contributed by atoms with van der Waals surface area (Å²) in [7, 11) is -2.05. The van der Waals surface area contributed by atoms with Gasteiger partial charge in [0, 0.05) is 43.2 Å². The molecule has 174 valence electrons. The number of rotatable bonds is 5. The third kappa shape index (κ3) is 4.56. The summed E-state index contributed by atoms with van der Waals surface area (Å²) in [6.45, 7) is 2.94. The molecule has 4 rings (SSSR count). The van der Waals surface area contributed by atoms with E-state index in [4.69, 9.17) is 9.47 Å². The van der Waals surface area contributed by atoms with Crippen LogP contribution in [0.1, 0.15) is 46.2 Å². The standard InChI is InChI=1S/C24H26N2O6S/c1-15-4-9-19-22(27)20(14-16-5-7-18(8-6-16)33(3,29)30)21(24(28)31-2)26(23(19)25-15)17-10-12-32-13-11-17/h4-9,17H,10-14H2,1-3H3. The zero-order valence-electron chi connectivity index (χ0n) is 18.8. The molecule has 9 heteroatoms. The van der Waals surface area contributed by atoms with Crippen LogP contribution >= 0.6 is 0 Å². The first-order valence-corrected chi connectivity index (χ1v) is 12.6. The topological polar surface area (TPSA) is 105 Å². The molecule has 1 aliphatic rings. The van der Waals surface area contributed by atoms with Crippen molar-refractivity contribution in [2.24, 2.45) is 0 Å². The molecule has 0 amide bonds. The average molecular weight is 471 g/mol. The van der Waals surface area contributed by atoms with E-state index in [2.05, 4.69) is 4.98 Å². The summed E-state index contributed by atoms with van der Waals surface area (Å²) >= 11 is 0. The molecule has 3 aromatic rings. The molecule has 1 aliphatic heterocycles. The Balaban J connectivity index is 1.96. The monoisotopic (exact) mass is 470 g/mol. The first-order chi connectivity index (χ1) is 15.7. The van der Waals surface area contributed by atoms with Gasteiger partial charge >= 0.3 is 5.97 Å². The zero-order valence-corrected chi connectivity index (χ0v) is 19.6. The van der Waals surface area contributed by atoms with E-state index < -0.39 is 15.8 Å². The Labute approximate surface area is 192 Å². The van der Waals surface area contributed by atoms with Gasteiger partial charge in [-0.15, -0.1) is 0 Å². The molecule has 0 N–H and O–H groups in total. The molecular formula is C24H26N2O6S. The molecule has 2 aromatic heterocycles. The molecule has 1 saturated heterocycles. The van der Waals surface area contributed by atoms with Crippen LogP contribution in [0.25, 0.3) is 11.0 Å². The molecule has 8 nitrogen and oxygen atoms in total. The third-order valence-corrected chi connectivity index (χ3v) is 7.08. The van der Waals surface area contributed by atoms with Crippen molar-refractivity contribution >= 4 is 26.8 Å². The van der Waals surface area contributed by atoms with Crippen LogP contribution in [0, 0.1) is 6.92 Å². The van der Waals surface area contributed by atoms with Crippen molar-refractivity contribution in [2.45, 2.75) is 37.1 Å². The number of ether oxygens (including phenoxy) is 2. The van der Waals surface area contributed by atoms with Crippen molar-refractivity contribution in [2.75, 3.05) is 26.6 Å². The van der Waals surface area contributed by atoms with Gasteiger partial charge in [0.25, 0.3) is 0 Å². The van der Waals surface area contributed by atoms with Crippen LogP contribution in [0.15, 0.2) is 46.1 Å². The van der Waals surface area contributed by atoms with Crippen molar-refractivity contribution in [3.63, 3.8) is 0 Å². The number of aromatic nitrogens is 2. The number of hydrogen-bond donors (Lipinski definition) is 0. The van der Waals surface area contributed by atoms with Crippen LogP contribution in [0.4, 0.5) is 0 Å². The normalized spacial score (nSPS) is 15.0. The number of benzene rings is 1. The molecule has 1 fully saturated rings. The SMILES string of the molecule is COC(=O)c1c(Cc2ccc(S(C)(=O)=O)cc2)c(=O)c2ccc(C)nc2n1C1CCOCC1. The lowest BCUT2D eigenvalue weighted by atomic mass is 9.98. The number of methoxy groups -OCH3 is 1. The van der Waals surface area contributed by atoms with Crippen molar-refractivity contribution in [1.82, 2.24) is 9.55 Å². The smallest absolute Gasteiger partial charge is 0.355 e. The van der Waals surface area contributed by atoms with E-state index in [1.165, 1.54) is 19.2 Å². The maximum Gasteiger partial charge on any atom is 0.355 e. The molecule has 0 saturated carbocycles. The minimum absolute atomic E-state index is 0.0726. The lowest BCUT2D eigenvalue weighted by molar-refractivity contribution is 0.0543. The van der Waals surface area contributed by atoms with Gasteiger partial charge in [-0.3, -0.25) is 4.79 Å². The van der Waals surface area contributed by atoms with Gasteiger partial charge in [0.15, 0.2) is 15.3 Å². The fourth-order valence-electron chi connectivity index (χ4n) is 4.26. The van der Waals surface area contributed by atoms with Crippen molar-refractivity contribution < 1.29 is 22.7 Å². The Hall–Kier alpha value is -3.04. The number of esters is 1. The molecule has 0 unspecified atom stereocenters. The van der Waals surface area contributed by atoms with Crippen molar-refractivity contribution in [1.29, 1.82) is 0 Å². The van der Waals surface area contributed by atoms with E-state index in [1.807, 2.05) is 11.5 Å². The van der Waals surface area contributed by atoms with Gasteiger partial charge in [-0.1, -0.05) is 12.1 Å². The van der Waals surface area contributed by atoms with Crippen LogP contribution in [-0.2, 0) is 25.7 Å². The second-order valence-corrected chi connectivity index (χ2v) is 10.3. The van der Waals surface area contributed by atoms with Crippen LogP contribution < -0.4 is 5.43 Å². The summed E-state index contributed by atoms with van der Waals surface area (Å²) in [4.78, 5) is 31.4. The van der Waals surface area contributed by atoms with Gasteiger partial charge < -0.3 is 14.0 Å². The number of sulfone groups is 1. The van der Waals surface area contributed by atoms with E-state index in [-0.39, 0.29) is 28.5 Å². The average Bonchev–Trinajstić information content (AvgIpc) is 2.80. The first kappa shape index (κ1) is 23.1.